The van der Waals surface area contributed by atoms with Gasteiger partial charge in [-0.25, -0.2) is 0 Å². The molecule has 22 heavy (non-hydrogen) atoms. The van der Waals surface area contributed by atoms with E-state index < -0.39 is 18.5 Å². The summed E-state index contributed by atoms with van der Waals surface area (Å²) < 4.78 is 10.7. The van der Waals surface area contributed by atoms with Crippen molar-refractivity contribution < 1.29 is 19.7 Å². The molecule has 5 nitrogen and oxygen atoms in total. The summed E-state index contributed by atoms with van der Waals surface area (Å²) in [5, 5.41) is 20.6. The minimum absolute atomic E-state index is 0.412. The Morgan fingerprint density at radius 3 is 1.82 bits per heavy atom. The Hall–Kier alpha value is -1.14. The van der Waals surface area contributed by atoms with Gasteiger partial charge in [0, 0.05) is 32.0 Å². The minimum Gasteiger partial charge on any atom is -0.385 e. The largest absolute Gasteiger partial charge is 0.385 e. The first-order chi connectivity index (χ1) is 10.6. The van der Waals surface area contributed by atoms with Crippen molar-refractivity contribution in [2.24, 2.45) is 0 Å². The molecule has 0 spiro atoms. The molecule has 0 aliphatic heterocycles. The highest BCUT2D eigenvalue weighted by Gasteiger charge is 2.28. The Morgan fingerprint density at radius 2 is 1.41 bits per heavy atom. The molecule has 0 fully saturated rings. The van der Waals surface area contributed by atoms with E-state index >= 15 is 0 Å². The zero-order valence-corrected chi connectivity index (χ0v) is 14.0. The summed E-state index contributed by atoms with van der Waals surface area (Å²) in [4.78, 5) is 2.22. The van der Waals surface area contributed by atoms with Crippen molar-refractivity contribution in [1.82, 2.24) is 0 Å². The zero-order valence-electron chi connectivity index (χ0n) is 14.0. The van der Waals surface area contributed by atoms with Crippen LogP contribution in [0.5, 0.6) is 0 Å². The van der Waals surface area contributed by atoms with E-state index in [4.69, 9.17) is 9.47 Å². The molecule has 0 aliphatic rings. The predicted molar refractivity (Wildman–Crippen MR) is 88.0 cm³/mol. The average molecular weight is 311 g/mol. The van der Waals surface area contributed by atoms with Crippen molar-refractivity contribution in [2.75, 3.05) is 31.2 Å². The molecular formula is C17H29NO4. The van der Waals surface area contributed by atoms with Crippen molar-refractivity contribution in [2.45, 2.75) is 46.2 Å². The first-order valence-electron chi connectivity index (χ1n) is 8.03. The van der Waals surface area contributed by atoms with Gasteiger partial charge >= 0.3 is 0 Å². The van der Waals surface area contributed by atoms with Crippen LogP contribution in [0.25, 0.3) is 0 Å². The molecule has 1 aromatic rings. The molecule has 2 atom stereocenters. The smallest absolute Gasteiger partial charge is 0.186 e. The number of nitrogens with zero attached hydrogens (tertiary/aromatic N) is 1. The first kappa shape index (κ1) is 18.9. The fourth-order valence-corrected chi connectivity index (χ4v) is 2.39. The van der Waals surface area contributed by atoms with Crippen LogP contribution in [-0.2, 0) is 9.47 Å². The van der Waals surface area contributed by atoms with E-state index in [1.54, 1.807) is 0 Å². The maximum absolute atomic E-state index is 10.3. The Balaban J connectivity index is 2.81. The van der Waals surface area contributed by atoms with Gasteiger partial charge in [0.05, 0.1) is 0 Å². The van der Waals surface area contributed by atoms with Crippen LogP contribution in [0.1, 0.15) is 39.4 Å². The monoisotopic (exact) mass is 311 g/mol. The van der Waals surface area contributed by atoms with E-state index in [1.165, 1.54) is 0 Å². The zero-order chi connectivity index (χ0) is 16.5. The highest BCUT2D eigenvalue weighted by atomic mass is 16.7. The molecule has 0 heterocycles. The van der Waals surface area contributed by atoms with Gasteiger partial charge in [0.2, 0.25) is 0 Å². The van der Waals surface area contributed by atoms with Gasteiger partial charge in [-0.2, -0.15) is 0 Å². The average Bonchev–Trinajstić information content (AvgIpc) is 2.55. The van der Waals surface area contributed by atoms with E-state index in [-0.39, 0.29) is 0 Å². The first-order valence-corrected chi connectivity index (χ1v) is 8.03. The number of anilines is 1. The molecular weight excluding hydrogens is 282 g/mol. The normalized spacial score (nSPS) is 14.1. The summed E-state index contributed by atoms with van der Waals surface area (Å²) in [5.41, 5.74) is 1.74. The second kappa shape index (κ2) is 9.79. The Morgan fingerprint density at radius 1 is 0.909 bits per heavy atom. The number of hydrogen-bond donors (Lipinski definition) is 2. The summed E-state index contributed by atoms with van der Waals surface area (Å²) in [6.07, 6.45) is -3.00. The molecule has 2 unspecified atom stereocenters. The van der Waals surface area contributed by atoms with E-state index in [0.717, 1.165) is 18.8 Å². The van der Waals surface area contributed by atoms with Gasteiger partial charge in [-0.1, -0.05) is 12.1 Å². The fraction of sp³-hybridized carbons (Fsp3) is 0.647. The fourth-order valence-electron chi connectivity index (χ4n) is 2.39. The van der Waals surface area contributed by atoms with Crippen molar-refractivity contribution in [3.63, 3.8) is 0 Å². The lowest BCUT2D eigenvalue weighted by Gasteiger charge is -2.27. The van der Waals surface area contributed by atoms with Gasteiger partial charge in [-0.05, 0) is 45.4 Å². The molecule has 0 saturated heterocycles. The molecule has 2 N–H and O–H groups in total. The van der Waals surface area contributed by atoms with Crippen LogP contribution in [0.15, 0.2) is 24.3 Å². The van der Waals surface area contributed by atoms with Crippen molar-refractivity contribution in [3.8, 4) is 0 Å². The lowest BCUT2D eigenvalue weighted by atomic mass is 10.0. The Labute approximate surface area is 133 Å². The van der Waals surface area contributed by atoms with Gasteiger partial charge in [0.15, 0.2) is 6.29 Å². The van der Waals surface area contributed by atoms with Gasteiger partial charge in [-0.15, -0.1) is 0 Å². The summed E-state index contributed by atoms with van der Waals surface area (Å²) in [7, 11) is 0. The molecule has 5 heteroatoms. The number of benzene rings is 1. The van der Waals surface area contributed by atoms with E-state index in [9.17, 15) is 10.2 Å². The number of aliphatic hydroxyl groups is 2. The predicted octanol–water partition coefficient (Wildman–Crippen LogP) is 2.33. The topological polar surface area (TPSA) is 62.2 Å². The molecule has 0 aromatic heterocycles. The molecule has 0 bridgehead atoms. The highest BCUT2D eigenvalue weighted by Crippen LogP contribution is 2.24. The number of rotatable bonds is 10. The molecule has 126 valence electrons. The maximum Gasteiger partial charge on any atom is 0.186 e. The van der Waals surface area contributed by atoms with Crippen LogP contribution in [0, 0.1) is 0 Å². The molecule has 0 saturated carbocycles. The second-order valence-corrected chi connectivity index (χ2v) is 4.98. The molecule has 0 radical (unpaired) electrons. The standard InChI is InChI=1S/C17H29NO4/c1-5-18(6-2)14-11-9-13(10-12-14)15(19)16(20)17(21-7-3)22-8-4/h9-12,15-17,19-20H,5-8H2,1-4H3. The maximum atomic E-state index is 10.3. The van der Waals surface area contributed by atoms with Crippen molar-refractivity contribution in [1.29, 1.82) is 0 Å². The third kappa shape index (κ3) is 4.95. The van der Waals surface area contributed by atoms with Crippen molar-refractivity contribution in [3.05, 3.63) is 29.8 Å². The van der Waals surface area contributed by atoms with Crippen LogP contribution < -0.4 is 4.90 Å². The molecule has 0 amide bonds. The Kier molecular flexibility index (Phi) is 8.42. The third-order valence-corrected chi connectivity index (χ3v) is 3.63. The lowest BCUT2D eigenvalue weighted by Crippen LogP contribution is -2.36. The Bertz CT molecular complexity index is 400. The highest BCUT2D eigenvalue weighted by molar-refractivity contribution is 5.47. The minimum atomic E-state index is -1.13. The van der Waals surface area contributed by atoms with Gasteiger partial charge in [-0.3, -0.25) is 0 Å². The van der Waals surface area contributed by atoms with Crippen LogP contribution in [0.4, 0.5) is 5.69 Å². The van der Waals surface area contributed by atoms with Crippen molar-refractivity contribution >= 4 is 5.69 Å². The second-order valence-electron chi connectivity index (χ2n) is 4.98. The molecule has 0 aliphatic carbocycles. The van der Waals surface area contributed by atoms with E-state index in [0.29, 0.717) is 18.8 Å². The van der Waals surface area contributed by atoms with E-state index in [1.807, 2.05) is 38.1 Å². The number of hydrogen-bond acceptors (Lipinski definition) is 5. The summed E-state index contributed by atoms with van der Waals surface area (Å²) in [5.74, 6) is 0. The van der Waals surface area contributed by atoms with Crippen LogP contribution in [-0.4, -0.2) is 48.9 Å². The van der Waals surface area contributed by atoms with Crippen LogP contribution >= 0.6 is 0 Å². The quantitative estimate of drug-likeness (QED) is 0.649. The molecule has 1 rings (SSSR count). The van der Waals surface area contributed by atoms with Gasteiger partial charge < -0.3 is 24.6 Å². The van der Waals surface area contributed by atoms with Crippen LogP contribution in [0.3, 0.4) is 0 Å². The van der Waals surface area contributed by atoms with Gasteiger partial charge in [0.25, 0.3) is 0 Å². The lowest BCUT2D eigenvalue weighted by molar-refractivity contribution is -0.212. The summed E-state index contributed by atoms with van der Waals surface area (Å²) in [6, 6.07) is 7.57. The van der Waals surface area contributed by atoms with Gasteiger partial charge in [0.1, 0.15) is 12.2 Å². The third-order valence-electron chi connectivity index (χ3n) is 3.63. The van der Waals surface area contributed by atoms with E-state index in [2.05, 4.69) is 18.7 Å². The molecule has 1 aromatic carbocycles. The van der Waals surface area contributed by atoms with Crippen LogP contribution in [0.2, 0.25) is 0 Å². The number of ether oxygens (including phenoxy) is 2. The SMILES string of the molecule is CCOC(OCC)C(O)C(O)c1ccc(N(CC)CC)cc1. The number of aliphatic hydroxyl groups excluding tert-OH is 2. The summed E-state index contributed by atoms with van der Waals surface area (Å²) >= 11 is 0. The summed E-state index contributed by atoms with van der Waals surface area (Å²) in [6.45, 7) is 10.5.